The molecule has 0 heterocycles. The topological polar surface area (TPSA) is 45.0 Å². The van der Waals surface area contributed by atoms with Gasteiger partial charge in [-0.25, -0.2) is 0 Å². The molecule has 1 fully saturated rings. The van der Waals surface area contributed by atoms with Gasteiger partial charge in [-0.3, -0.25) is 0 Å². The summed E-state index contributed by atoms with van der Waals surface area (Å²) in [6, 6.07) is 4.91. The zero-order valence-corrected chi connectivity index (χ0v) is 11.5. The molecule has 0 bridgehead atoms. The molecule has 1 aliphatic carbocycles. The number of nitrogens with zero attached hydrogens (tertiary/aromatic N) is 1. The first kappa shape index (κ1) is 15.6. The van der Waals surface area contributed by atoms with Gasteiger partial charge in [-0.05, 0) is 31.0 Å². The number of ether oxygens (including phenoxy) is 1. The van der Waals surface area contributed by atoms with Gasteiger partial charge in [-0.2, -0.15) is 18.4 Å². The molecular formula is C15H17F3N2O. The van der Waals surface area contributed by atoms with Crippen LogP contribution in [0.25, 0.3) is 0 Å². The van der Waals surface area contributed by atoms with E-state index in [0.29, 0.717) is 24.9 Å². The van der Waals surface area contributed by atoms with E-state index >= 15 is 0 Å². The van der Waals surface area contributed by atoms with Gasteiger partial charge in [0.05, 0.1) is 29.5 Å². The Labute approximate surface area is 121 Å². The molecule has 114 valence electrons. The molecule has 1 aliphatic rings. The van der Waals surface area contributed by atoms with Crippen LogP contribution in [0.3, 0.4) is 0 Å². The average molecular weight is 298 g/mol. The van der Waals surface area contributed by atoms with Gasteiger partial charge >= 0.3 is 6.18 Å². The second-order valence-corrected chi connectivity index (χ2v) is 5.07. The van der Waals surface area contributed by atoms with Crippen molar-refractivity contribution in [1.29, 1.82) is 5.26 Å². The highest BCUT2D eigenvalue weighted by molar-refractivity contribution is 5.58. The van der Waals surface area contributed by atoms with E-state index in [1.165, 1.54) is 18.9 Å². The molecule has 0 aromatic heterocycles. The fraction of sp³-hybridized carbons (Fsp3) is 0.533. The zero-order valence-electron chi connectivity index (χ0n) is 11.5. The van der Waals surface area contributed by atoms with Crippen LogP contribution < -0.4 is 5.32 Å². The number of benzene rings is 1. The first-order valence-corrected chi connectivity index (χ1v) is 6.97. The maximum atomic E-state index is 12.6. The van der Waals surface area contributed by atoms with Crippen LogP contribution in [-0.2, 0) is 10.9 Å². The Morgan fingerprint density at radius 1 is 1.29 bits per heavy atom. The number of rotatable bonds is 5. The molecule has 0 spiro atoms. The molecule has 0 radical (unpaired) electrons. The molecular weight excluding hydrogens is 281 g/mol. The summed E-state index contributed by atoms with van der Waals surface area (Å²) in [6.07, 6.45) is 0.392. The van der Waals surface area contributed by atoms with Gasteiger partial charge in [0.1, 0.15) is 6.07 Å². The molecule has 0 amide bonds. The van der Waals surface area contributed by atoms with Crippen LogP contribution in [0.2, 0.25) is 0 Å². The van der Waals surface area contributed by atoms with Crippen molar-refractivity contribution in [2.45, 2.75) is 38.0 Å². The predicted octanol–water partition coefficient (Wildman–Crippen LogP) is 3.95. The van der Waals surface area contributed by atoms with Gasteiger partial charge in [0.2, 0.25) is 0 Å². The van der Waals surface area contributed by atoms with Crippen LogP contribution >= 0.6 is 0 Å². The first-order valence-electron chi connectivity index (χ1n) is 6.97. The lowest BCUT2D eigenvalue weighted by Gasteiger charge is -2.14. The Kier molecular flexibility index (Phi) is 5.07. The summed E-state index contributed by atoms with van der Waals surface area (Å²) in [4.78, 5) is 0. The monoisotopic (exact) mass is 298 g/mol. The highest BCUT2D eigenvalue weighted by atomic mass is 19.4. The first-order chi connectivity index (χ1) is 10.0. The number of hydrogen-bond acceptors (Lipinski definition) is 3. The van der Waals surface area contributed by atoms with Crippen molar-refractivity contribution >= 4 is 5.69 Å². The summed E-state index contributed by atoms with van der Waals surface area (Å²) in [6.45, 7) is 0.951. The van der Waals surface area contributed by atoms with Gasteiger partial charge in [-0.1, -0.05) is 12.8 Å². The van der Waals surface area contributed by atoms with Crippen molar-refractivity contribution in [3.8, 4) is 6.07 Å². The van der Waals surface area contributed by atoms with Gasteiger partial charge in [0, 0.05) is 6.54 Å². The largest absolute Gasteiger partial charge is 0.416 e. The standard InChI is InChI=1S/C15H17F3N2O/c16-15(17,18)12-5-6-14(11(9-12)10-19)20-7-8-21-13-3-1-2-4-13/h5-6,9,13,20H,1-4,7-8H2. The second kappa shape index (κ2) is 6.81. The molecule has 0 saturated heterocycles. The number of anilines is 1. The van der Waals surface area contributed by atoms with Crippen molar-refractivity contribution in [3.05, 3.63) is 29.3 Å². The molecule has 6 heteroatoms. The number of halogens is 3. The second-order valence-electron chi connectivity index (χ2n) is 5.07. The van der Waals surface area contributed by atoms with E-state index in [0.717, 1.165) is 25.0 Å². The lowest BCUT2D eigenvalue weighted by atomic mass is 10.1. The fourth-order valence-corrected chi connectivity index (χ4v) is 2.43. The lowest BCUT2D eigenvalue weighted by Crippen LogP contribution is -2.16. The predicted molar refractivity (Wildman–Crippen MR) is 72.9 cm³/mol. The third kappa shape index (κ3) is 4.36. The normalized spacial score (nSPS) is 15.9. The maximum Gasteiger partial charge on any atom is 0.416 e. The molecule has 1 aromatic rings. The minimum Gasteiger partial charge on any atom is -0.382 e. The minimum atomic E-state index is -4.43. The number of hydrogen-bond donors (Lipinski definition) is 1. The third-order valence-electron chi connectivity index (χ3n) is 3.54. The lowest BCUT2D eigenvalue weighted by molar-refractivity contribution is -0.137. The van der Waals surface area contributed by atoms with Crippen molar-refractivity contribution in [1.82, 2.24) is 0 Å². The van der Waals surface area contributed by atoms with E-state index in [-0.39, 0.29) is 5.56 Å². The Bertz CT molecular complexity index is 517. The van der Waals surface area contributed by atoms with E-state index in [2.05, 4.69) is 5.32 Å². The van der Waals surface area contributed by atoms with Gasteiger partial charge in [0.25, 0.3) is 0 Å². The van der Waals surface area contributed by atoms with Crippen LogP contribution in [0.1, 0.15) is 36.8 Å². The summed E-state index contributed by atoms with van der Waals surface area (Å²) in [7, 11) is 0. The third-order valence-corrected chi connectivity index (χ3v) is 3.54. The number of alkyl halides is 3. The molecule has 1 N–H and O–H groups in total. The van der Waals surface area contributed by atoms with E-state index in [9.17, 15) is 13.2 Å². The van der Waals surface area contributed by atoms with Crippen LogP contribution in [0.4, 0.5) is 18.9 Å². The highest BCUT2D eigenvalue weighted by Crippen LogP contribution is 2.31. The summed E-state index contributed by atoms with van der Waals surface area (Å²) >= 11 is 0. The van der Waals surface area contributed by atoms with Crippen molar-refractivity contribution < 1.29 is 17.9 Å². The van der Waals surface area contributed by atoms with Crippen LogP contribution in [0.5, 0.6) is 0 Å². The Hall–Kier alpha value is -1.74. The molecule has 0 atom stereocenters. The highest BCUT2D eigenvalue weighted by Gasteiger charge is 2.31. The van der Waals surface area contributed by atoms with Crippen molar-refractivity contribution in [2.75, 3.05) is 18.5 Å². The Morgan fingerprint density at radius 3 is 2.62 bits per heavy atom. The molecule has 0 unspecified atom stereocenters. The minimum absolute atomic E-state index is 0.00862. The van der Waals surface area contributed by atoms with Crippen LogP contribution in [0.15, 0.2) is 18.2 Å². The van der Waals surface area contributed by atoms with Gasteiger partial charge < -0.3 is 10.1 Å². The van der Waals surface area contributed by atoms with Crippen LogP contribution in [-0.4, -0.2) is 19.3 Å². The fourth-order valence-electron chi connectivity index (χ4n) is 2.43. The quantitative estimate of drug-likeness (QED) is 0.837. The average Bonchev–Trinajstić information content (AvgIpc) is 2.95. The van der Waals surface area contributed by atoms with Crippen molar-refractivity contribution in [2.24, 2.45) is 0 Å². The SMILES string of the molecule is N#Cc1cc(C(F)(F)F)ccc1NCCOC1CCCC1. The zero-order chi connectivity index (χ0) is 15.3. The maximum absolute atomic E-state index is 12.6. The summed E-state index contributed by atoms with van der Waals surface area (Å²) in [5.74, 6) is 0. The van der Waals surface area contributed by atoms with E-state index in [1.807, 2.05) is 0 Å². The van der Waals surface area contributed by atoms with Gasteiger partial charge in [-0.15, -0.1) is 0 Å². The summed E-state index contributed by atoms with van der Waals surface area (Å²) in [5, 5.41) is 11.9. The van der Waals surface area contributed by atoms with Crippen LogP contribution in [0, 0.1) is 11.3 Å². The van der Waals surface area contributed by atoms with E-state index < -0.39 is 11.7 Å². The van der Waals surface area contributed by atoms with E-state index in [4.69, 9.17) is 10.00 Å². The molecule has 2 rings (SSSR count). The Balaban J connectivity index is 1.89. The molecule has 0 aliphatic heterocycles. The number of nitriles is 1. The molecule has 3 nitrogen and oxygen atoms in total. The summed E-state index contributed by atoms with van der Waals surface area (Å²) < 4.78 is 43.3. The molecule has 1 saturated carbocycles. The Morgan fingerprint density at radius 2 is 2.00 bits per heavy atom. The van der Waals surface area contributed by atoms with E-state index in [1.54, 1.807) is 6.07 Å². The van der Waals surface area contributed by atoms with Crippen molar-refractivity contribution in [3.63, 3.8) is 0 Å². The molecule has 1 aromatic carbocycles. The molecule has 21 heavy (non-hydrogen) atoms. The smallest absolute Gasteiger partial charge is 0.382 e. The van der Waals surface area contributed by atoms with Gasteiger partial charge in [0.15, 0.2) is 0 Å². The summed E-state index contributed by atoms with van der Waals surface area (Å²) in [5.41, 5.74) is -0.419. The number of nitrogens with one attached hydrogen (secondary N) is 1.